The van der Waals surface area contributed by atoms with Crippen LogP contribution in [-0.2, 0) is 9.63 Å². The van der Waals surface area contributed by atoms with Crippen molar-refractivity contribution < 1.29 is 27.9 Å². The van der Waals surface area contributed by atoms with Gasteiger partial charge in [0.2, 0.25) is 0 Å². The second-order valence-electron chi connectivity index (χ2n) is 7.01. The molecule has 3 N–H and O–H groups in total. The first-order valence-electron chi connectivity index (χ1n) is 9.40. The summed E-state index contributed by atoms with van der Waals surface area (Å²) in [4.78, 5) is 14.2. The van der Waals surface area contributed by atoms with Crippen molar-refractivity contribution in [2.75, 3.05) is 25.9 Å². The molecule has 0 atom stereocenters. The molecule has 1 aliphatic carbocycles. The summed E-state index contributed by atoms with van der Waals surface area (Å²) in [6, 6.07) is 6.66. The lowest BCUT2D eigenvalue weighted by Crippen LogP contribution is -2.31. The van der Waals surface area contributed by atoms with Crippen LogP contribution < -0.4 is 5.73 Å². The van der Waals surface area contributed by atoms with Crippen molar-refractivity contribution in [2.24, 2.45) is 0 Å². The number of nitrogens with zero attached hydrogens (tertiary/aromatic N) is 1. The molecule has 1 aromatic rings. The summed E-state index contributed by atoms with van der Waals surface area (Å²) in [6.07, 6.45) is 4.61. The van der Waals surface area contributed by atoms with Gasteiger partial charge in [0.15, 0.2) is 0 Å². The number of aliphatic carboxylic acids is 1. The van der Waals surface area contributed by atoms with E-state index in [9.17, 15) is 13.2 Å². The maximum atomic E-state index is 10.6. The summed E-state index contributed by atoms with van der Waals surface area (Å²) in [7, 11) is 1.76. The van der Waals surface area contributed by atoms with Crippen LogP contribution in [0.1, 0.15) is 55.6 Å². The highest BCUT2D eigenvalue weighted by Crippen LogP contribution is 2.35. The first-order chi connectivity index (χ1) is 13.2. The molecule has 0 aromatic heterocycles. The van der Waals surface area contributed by atoms with Gasteiger partial charge >= 0.3 is 12.1 Å². The topological polar surface area (TPSA) is 75.8 Å². The summed E-state index contributed by atoms with van der Waals surface area (Å²) in [5.41, 5.74) is 11.3. The number of hydrogen-bond acceptors (Lipinski definition) is 4. The van der Waals surface area contributed by atoms with Crippen LogP contribution in [0.3, 0.4) is 0 Å². The summed E-state index contributed by atoms with van der Waals surface area (Å²) >= 11 is 0. The Hall–Kier alpha value is -2.06. The van der Waals surface area contributed by atoms with E-state index in [4.69, 9.17) is 20.5 Å². The molecule has 1 fully saturated rings. The average molecular weight is 400 g/mol. The Balaban J connectivity index is 0.000000345. The van der Waals surface area contributed by atoms with Crippen molar-refractivity contribution in [2.45, 2.75) is 50.6 Å². The molecule has 1 heterocycles. The zero-order valence-electron chi connectivity index (χ0n) is 16.0. The summed E-state index contributed by atoms with van der Waals surface area (Å²) < 4.78 is 31.7. The Morgan fingerprint density at radius 3 is 2.39 bits per heavy atom. The fraction of sp³-hybridized carbons (Fsp3) is 0.550. The van der Waals surface area contributed by atoms with Gasteiger partial charge in [0, 0.05) is 24.3 Å². The number of halogens is 3. The number of carboxylic acids is 1. The Bertz CT molecular complexity index is 696. The van der Waals surface area contributed by atoms with E-state index < -0.39 is 12.1 Å². The molecule has 0 amide bonds. The minimum Gasteiger partial charge on any atom is -0.475 e. The number of hydrogen-bond donors (Lipinski definition) is 2. The Morgan fingerprint density at radius 1 is 1.25 bits per heavy atom. The van der Waals surface area contributed by atoms with Gasteiger partial charge in [0.05, 0.1) is 7.11 Å². The smallest absolute Gasteiger partial charge is 0.475 e. The largest absolute Gasteiger partial charge is 0.490 e. The number of nitrogens with two attached hydrogens (primary N) is 1. The number of piperidine rings is 1. The summed E-state index contributed by atoms with van der Waals surface area (Å²) in [5.74, 6) is -2.12. The van der Waals surface area contributed by atoms with Gasteiger partial charge in [-0.3, -0.25) is 0 Å². The maximum Gasteiger partial charge on any atom is 0.490 e. The highest BCUT2D eigenvalue weighted by Gasteiger charge is 2.38. The monoisotopic (exact) mass is 400 g/mol. The van der Waals surface area contributed by atoms with Crippen molar-refractivity contribution in [1.82, 2.24) is 5.06 Å². The van der Waals surface area contributed by atoms with E-state index in [-0.39, 0.29) is 0 Å². The Morgan fingerprint density at radius 2 is 1.89 bits per heavy atom. The first kappa shape index (κ1) is 22.2. The van der Waals surface area contributed by atoms with E-state index in [1.165, 1.54) is 42.4 Å². The fourth-order valence-electron chi connectivity index (χ4n) is 3.56. The molecule has 0 spiro atoms. The van der Waals surface area contributed by atoms with Crippen LogP contribution in [-0.4, -0.2) is 42.5 Å². The molecule has 0 radical (unpaired) electrons. The van der Waals surface area contributed by atoms with Gasteiger partial charge in [-0.25, -0.2) is 4.79 Å². The third kappa shape index (κ3) is 6.24. The number of hydroxylamine groups is 2. The normalized spacial score (nSPS) is 18.8. The van der Waals surface area contributed by atoms with Crippen LogP contribution >= 0.6 is 0 Å². The molecule has 156 valence electrons. The fourth-order valence-corrected chi connectivity index (χ4v) is 3.56. The first-order valence-corrected chi connectivity index (χ1v) is 9.40. The van der Waals surface area contributed by atoms with Crippen LogP contribution in [0.15, 0.2) is 24.3 Å². The van der Waals surface area contributed by atoms with Crippen LogP contribution in [0.5, 0.6) is 0 Å². The number of carboxylic acid groups (broad SMARTS) is 1. The predicted octanol–water partition coefficient (Wildman–Crippen LogP) is 4.60. The van der Waals surface area contributed by atoms with Gasteiger partial charge in [-0.05, 0) is 67.7 Å². The van der Waals surface area contributed by atoms with Gasteiger partial charge < -0.3 is 15.7 Å². The van der Waals surface area contributed by atoms with Gasteiger partial charge in [0.25, 0.3) is 0 Å². The lowest BCUT2D eigenvalue weighted by Gasteiger charge is -2.30. The number of nitrogen functional groups attached to an aromatic ring is 1. The number of carbonyl (C=O) groups is 1. The minimum atomic E-state index is -5.08. The van der Waals surface area contributed by atoms with Gasteiger partial charge in [-0.15, -0.1) is 0 Å². The summed E-state index contributed by atoms with van der Waals surface area (Å²) in [6.45, 7) is 2.03. The number of benzene rings is 1. The SMILES string of the molecule is CON1CCC(c2ccc(N)c(C3=CCCCC3)c2)CC1.O=C(O)C(F)(F)F. The quantitative estimate of drug-likeness (QED) is 0.726. The Labute approximate surface area is 162 Å². The molecule has 0 unspecified atom stereocenters. The molecule has 8 heteroatoms. The third-order valence-corrected chi connectivity index (χ3v) is 5.14. The van der Waals surface area contributed by atoms with Crippen molar-refractivity contribution in [3.8, 4) is 0 Å². The highest BCUT2D eigenvalue weighted by atomic mass is 19.4. The molecular weight excluding hydrogens is 373 g/mol. The van der Waals surface area contributed by atoms with E-state index in [0.717, 1.165) is 31.6 Å². The second kappa shape index (κ2) is 9.93. The second-order valence-corrected chi connectivity index (χ2v) is 7.01. The standard InChI is InChI=1S/C18H26N2O.C2HF3O2/c1-21-20-11-9-14(10-12-20)16-7-8-18(19)17(13-16)15-5-3-2-4-6-15;3-2(4,5)1(6)7/h5,7-8,13-14H,2-4,6,9-12,19H2,1H3;(H,6,7). The molecule has 3 rings (SSSR count). The van der Waals surface area contributed by atoms with Crippen LogP contribution in [0.4, 0.5) is 18.9 Å². The molecule has 28 heavy (non-hydrogen) atoms. The zero-order valence-corrected chi connectivity index (χ0v) is 16.0. The van der Waals surface area contributed by atoms with Crippen molar-refractivity contribution >= 4 is 17.2 Å². The van der Waals surface area contributed by atoms with Crippen LogP contribution in [0.2, 0.25) is 0 Å². The molecular formula is C20H27F3N2O3. The van der Waals surface area contributed by atoms with Crippen molar-refractivity contribution in [1.29, 1.82) is 0 Å². The molecule has 1 saturated heterocycles. The van der Waals surface area contributed by atoms with E-state index >= 15 is 0 Å². The number of anilines is 1. The van der Waals surface area contributed by atoms with E-state index in [2.05, 4.69) is 29.3 Å². The average Bonchev–Trinajstić information content (AvgIpc) is 2.69. The van der Waals surface area contributed by atoms with E-state index in [1.807, 2.05) is 0 Å². The van der Waals surface area contributed by atoms with Crippen molar-refractivity contribution in [3.05, 3.63) is 35.4 Å². The van der Waals surface area contributed by atoms with Gasteiger partial charge in [-0.2, -0.15) is 18.2 Å². The third-order valence-electron chi connectivity index (χ3n) is 5.14. The number of rotatable bonds is 3. The Kier molecular flexibility index (Phi) is 7.88. The maximum absolute atomic E-state index is 10.6. The van der Waals surface area contributed by atoms with E-state index in [0.29, 0.717) is 5.92 Å². The van der Waals surface area contributed by atoms with E-state index in [1.54, 1.807) is 7.11 Å². The lowest BCUT2D eigenvalue weighted by atomic mass is 9.86. The predicted molar refractivity (Wildman–Crippen MR) is 102 cm³/mol. The highest BCUT2D eigenvalue weighted by molar-refractivity contribution is 5.76. The lowest BCUT2D eigenvalue weighted by molar-refractivity contribution is -0.192. The number of alkyl halides is 3. The van der Waals surface area contributed by atoms with Crippen molar-refractivity contribution in [3.63, 3.8) is 0 Å². The van der Waals surface area contributed by atoms with Crippen LogP contribution in [0, 0.1) is 0 Å². The van der Waals surface area contributed by atoms with Crippen LogP contribution in [0.25, 0.3) is 5.57 Å². The number of allylic oxidation sites excluding steroid dienone is 2. The van der Waals surface area contributed by atoms with Gasteiger partial charge in [-0.1, -0.05) is 12.1 Å². The molecule has 2 aliphatic rings. The summed E-state index contributed by atoms with van der Waals surface area (Å²) in [5, 5.41) is 9.18. The molecule has 0 saturated carbocycles. The van der Waals surface area contributed by atoms with Gasteiger partial charge in [0.1, 0.15) is 0 Å². The molecule has 1 aliphatic heterocycles. The zero-order chi connectivity index (χ0) is 20.7. The molecule has 1 aromatic carbocycles. The minimum absolute atomic E-state index is 0.639. The molecule has 5 nitrogen and oxygen atoms in total. The molecule has 0 bridgehead atoms.